The molecule has 0 saturated heterocycles. The third-order valence-corrected chi connectivity index (χ3v) is 6.38. The Bertz CT molecular complexity index is 1290. The number of aryl methyl sites for hydroxylation is 2. The largest absolute Gasteiger partial charge is 0.384 e. The van der Waals surface area contributed by atoms with Crippen LogP contribution in [0.15, 0.2) is 42.6 Å². The molecule has 1 aliphatic carbocycles. The molecule has 8 nitrogen and oxygen atoms in total. The molecule has 0 unspecified atom stereocenters. The number of nitrogens with zero attached hydrogens (tertiary/aromatic N) is 4. The van der Waals surface area contributed by atoms with Crippen LogP contribution in [-0.2, 0) is 12.8 Å². The Balaban J connectivity index is 1.72. The van der Waals surface area contributed by atoms with Crippen molar-refractivity contribution >= 4 is 28.3 Å². The Hall–Kier alpha value is -3.72. The molecule has 0 bridgehead atoms. The molecule has 3 heterocycles. The van der Waals surface area contributed by atoms with Gasteiger partial charge in [0.15, 0.2) is 5.13 Å². The second-order valence-electron chi connectivity index (χ2n) is 7.34. The van der Waals surface area contributed by atoms with Gasteiger partial charge in [-0.1, -0.05) is 29.5 Å². The maximum atomic E-state index is 11.8. The van der Waals surface area contributed by atoms with Crippen LogP contribution in [0.1, 0.15) is 16.8 Å². The van der Waals surface area contributed by atoms with Crippen molar-refractivity contribution in [3.05, 3.63) is 59.4 Å². The summed E-state index contributed by atoms with van der Waals surface area (Å²) in [5.41, 5.74) is 12.9. The number of nitrogens with two attached hydrogens (primary N) is 1. The number of hydrogen-bond donors (Lipinski definition) is 3. The fourth-order valence-corrected chi connectivity index (χ4v) is 4.90. The number of aromatic nitrogens is 4. The van der Waals surface area contributed by atoms with Crippen molar-refractivity contribution in [2.24, 2.45) is 0 Å². The van der Waals surface area contributed by atoms with E-state index in [1.165, 1.54) is 11.3 Å². The van der Waals surface area contributed by atoms with Gasteiger partial charge in [0.1, 0.15) is 5.82 Å². The average Bonchev–Trinajstić information content (AvgIpc) is 3.35. The van der Waals surface area contributed by atoms with Crippen LogP contribution in [0.5, 0.6) is 0 Å². The fourth-order valence-electron chi connectivity index (χ4n) is 3.84. The Morgan fingerprint density at radius 3 is 2.77 bits per heavy atom. The van der Waals surface area contributed by atoms with Crippen LogP contribution < -0.4 is 16.4 Å². The summed E-state index contributed by atoms with van der Waals surface area (Å²) in [6, 6.07) is 11.6. The maximum absolute atomic E-state index is 11.8. The predicted octanol–water partition coefficient (Wildman–Crippen LogP) is 3.80. The van der Waals surface area contributed by atoms with Gasteiger partial charge in [-0.2, -0.15) is 5.10 Å². The summed E-state index contributed by atoms with van der Waals surface area (Å²) in [5.74, 6) is 0.477. The van der Waals surface area contributed by atoms with E-state index in [1.807, 2.05) is 22.9 Å². The molecule has 0 aliphatic heterocycles. The summed E-state index contributed by atoms with van der Waals surface area (Å²) in [7, 11) is 1.58. The number of urea groups is 1. The van der Waals surface area contributed by atoms with E-state index in [1.54, 1.807) is 19.3 Å². The van der Waals surface area contributed by atoms with E-state index in [-0.39, 0.29) is 6.03 Å². The second kappa shape index (κ2) is 7.51. The molecule has 1 aliphatic rings. The zero-order valence-corrected chi connectivity index (χ0v) is 18.0. The highest BCUT2D eigenvalue weighted by molar-refractivity contribution is 7.19. The summed E-state index contributed by atoms with van der Waals surface area (Å²) >= 11 is 1.47. The molecule has 5 rings (SSSR count). The molecule has 31 heavy (non-hydrogen) atoms. The van der Waals surface area contributed by atoms with Gasteiger partial charge in [-0.25, -0.2) is 19.4 Å². The van der Waals surface area contributed by atoms with Crippen molar-refractivity contribution in [2.75, 3.05) is 18.1 Å². The number of nitrogen functional groups attached to an aromatic ring is 1. The number of carbonyl (C=O) groups excluding carboxylic acids is 1. The van der Waals surface area contributed by atoms with Crippen molar-refractivity contribution in [2.45, 2.75) is 19.8 Å². The first kappa shape index (κ1) is 19.3. The number of nitrogens with one attached hydrogen (secondary N) is 2. The highest BCUT2D eigenvalue weighted by Gasteiger charge is 2.30. The zero-order chi connectivity index (χ0) is 21.5. The smallest absolute Gasteiger partial charge is 0.320 e. The van der Waals surface area contributed by atoms with Crippen molar-refractivity contribution in [3.63, 3.8) is 0 Å². The lowest BCUT2D eigenvalue weighted by atomic mass is 9.95. The SMILES string of the molecule is CNC(=O)Nc1nc2c(s1)-c1c(c(-c3ccc(N)nc3)nn1-c1ccccc1C)CC2. The molecule has 1 aromatic carbocycles. The van der Waals surface area contributed by atoms with Crippen LogP contribution in [0, 0.1) is 6.92 Å². The van der Waals surface area contributed by atoms with Gasteiger partial charge in [-0.3, -0.25) is 5.32 Å². The molecule has 156 valence electrons. The lowest BCUT2D eigenvalue weighted by Crippen LogP contribution is -2.24. The van der Waals surface area contributed by atoms with Crippen molar-refractivity contribution in [1.29, 1.82) is 0 Å². The fraction of sp³-hybridized carbons (Fsp3) is 0.182. The van der Waals surface area contributed by atoms with Gasteiger partial charge in [0.05, 0.1) is 27.6 Å². The number of thiazole rings is 1. The molecule has 0 fully saturated rings. The van der Waals surface area contributed by atoms with Crippen LogP contribution in [0.3, 0.4) is 0 Å². The number of para-hydroxylation sites is 1. The molecular weight excluding hydrogens is 410 g/mol. The summed E-state index contributed by atoms with van der Waals surface area (Å²) in [5, 5.41) is 11.0. The Labute approximate surface area is 183 Å². The Morgan fingerprint density at radius 2 is 2.03 bits per heavy atom. The van der Waals surface area contributed by atoms with Gasteiger partial charge in [0.25, 0.3) is 0 Å². The van der Waals surface area contributed by atoms with Gasteiger partial charge < -0.3 is 11.1 Å². The van der Waals surface area contributed by atoms with Gasteiger partial charge in [-0.15, -0.1) is 0 Å². The second-order valence-corrected chi connectivity index (χ2v) is 8.34. The number of carbonyl (C=O) groups is 1. The third-order valence-electron chi connectivity index (χ3n) is 5.36. The van der Waals surface area contributed by atoms with E-state index < -0.39 is 0 Å². The number of benzene rings is 1. The molecule has 0 spiro atoms. The highest BCUT2D eigenvalue weighted by atomic mass is 32.1. The van der Waals surface area contributed by atoms with Gasteiger partial charge in [-0.05, 0) is 43.5 Å². The average molecular weight is 432 g/mol. The summed E-state index contributed by atoms with van der Waals surface area (Å²) in [4.78, 5) is 21.7. The van der Waals surface area contributed by atoms with Crippen molar-refractivity contribution in [1.82, 2.24) is 25.1 Å². The zero-order valence-electron chi connectivity index (χ0n) is 17.1. The summed E-state index contributed by atoms with van der Waals surface area (Å²) in [6.07, 6.45) is 3.35. The van der Waals surface area contributed by atoms with Crippen LogP contribution in [0.25, 0.3) is 27.5 Å². The van der Waals surface area contributed by atoms with E-state index in [4.69, 9.17) is 10.8 Å². The molecule has 0 atom stereocenters. The molecule has 9 heteroatoms. The van der Waals surface area contributed by atoms with E-state index in [0.717, 1.165) is 57.2 Å². The minimum absolute atomic E-state index is 0.285. The van der Waals surface area contributed by atoms with Crippen LogP contribution in [0.4, 0.5) is 15.7 Å². The predicted molar refractivity (Wildman–Crippen MR) is 123 cm³/mol. The van der Waals surface area contributed by atoms with E-state index >= 15 is 0 Å². The van der Waals surface area contributed by atoms with Crippen LogP contribution in [0.2, 0.25) is 0 Å². The van der Waals surface area contributed by atoms with Crippen molar-refractivity contribution < 1.29 is 4.79 Å². The van der Waals surface area contributed by atoms with E-state index in [2.05, 4.69) is 39.7 Å². The molecule has 3 aromatic heterocycles. The van der Waals surface area contributed by atoms with Gasteiger partial charge in [0.2, 0.25) is 0 Å². The first-order chi connectivity index (χ1) is 15.0. The van der Waals surface area contributed by atoms with Gasteiger partial charge in [0, 0.05) is 24.4 Å². The van der Waals surface area contributed by atoms with Crippen LogP contribution >= 0.6 is 11.3 Å². The summed E-state index contributed by atoms with van der Waals surface area (Å²) < 4.78 is 2.00. The summed E-state index contributed by atoms with van der Waals surface area (Å²) in [6.45, 7) is 2.07. The quantitative estimate of drug-likeness (QED) is 0.457. The molecule has 2 amide bonds. The van der Waals surface area contributed by atoms with Gasteiger partial charge >= 0.3 is 6.03 Å². The number of anilines is 2. The number of pyridine rings is 1. The maximum Gasteiger partial charge on any atom is 0.320 e. The first-order valence-electron chi connectivity index (χ1n) is 9.93. The number of rotatable bonds is 3. The minimum atomic E-state index is -0.285. The first-order valence-corrected chi connectivity index (χ1v) is 10.8. The monoisotopic (exact) mass is 431 g/mol. The molecule has 4 aromatic rings. The lowest BCUT2D eigenvalue weighted by molar-refractivity contribution is 0.254. The molecule has 4 N–H and O–H groups in total. The number of hydrogen-bond acceptors (Lipinski definition) is 6. The molecule has 0 radical (unpaired) electrons. The minimum Gasteiger partial charge on any atom is -0.384 e. The highest BCUT2D eigenvalue weighted by Crippen LogP contribution is 2.44. The number of amides is 2. The van der Waals surface area contributed by atoms with Crippen molar-refractivity contribution in [3.8, 4) is 27.5 Å². The lowest BCUT2D eigenvalue weighted by Gasteiger charge is -2.15. The topological polar surface area (TPSA) is 111 Å². The third kappa shape index (κ3) is 3.32. The molecular formula is C22H21N7OS. The Morgan fingerprint density at radius 1 is 1.19 bits per heavy atom. The Kier molecular flexibility index (Phi) is 4.67. The molecule has 0 saturated carbocycles. The van der Waals surface area contributed by atoms with Crippen LogP contribution in [-0.4, -0.2) is 32.8 Å². The number of fused-ring (bicyclic) bond motifs is 3. The standard InChI is InChI=1S/C22H21N7OS/c1-12-5-3-4-6-16(12)29-19-14(18(28-29)13-7-10-17(23)25-11-13)8-9-15-20(19)31-22(26-15)27-21(30)24-2/h3-7,10-11H,8-9H2,1-2H3,(H2,23,25)(H2,24,26,27,30). The van der Waals surface area contributed by atoms with E-state index in [0.29, 0.717) is 10.9 Å². The normalized spacial score (nSPS) is 12.2. The van der Waals surface area contributed by atoms with E-state index in [9.17, 15) is 4.79 Å².